The van der Waals surface area contributed by atoms with Crippen molar-refractivity contribution >= 4 is 27.3 Å². The van der Waals surface area contributed by atoms with Crippen molar-refractivity contribution in [1.82, 2.24) is 0 Å². The molecule has 0 radical (unpaired) electrons. The summed E-state index contributed by atoms with van der Waals surface area (Å²) < 4.78 is 27.9. The van der Waals surface area contributed by atoms with E-state index in [0.29, 0.717) is 17.8 Å². The number of fused-ring (bicyclic) bond motifs is 1. The Bertz CT molecular complexity index is 1140. The monoisotopic (exact) mass is 392 g/mol. The first kappa shape index (κ1) is 18.3. The normalized spacial score (nSPS) is 13.2. The summed E-state index contributed by atoms with van der Waals surface area (Å²) in [5.74, 6) is -0.134. The van der Waals surface area contributed by atoms with Crippen molar-refractivity contribution in [3.8, 4) is 0 Å². The van der Waals surface area contributed by atoms with Crippen molar-refractivity contribution in [2.75, 3.05) is 16.2 Å². The summed E-state index contributed by atoms with van der Waals surface area (Å²) in [7, 11) is -3.72. The fraction of sp³-hybridized carbons (Fsp3) is 0.136. The Morgan fingerprint density at radius 1 is 0.964 bits per heavy atom. The largest absolute Gasteiger partial charge is 0.308 e. The van der Waals surface area contributed by atoms with Gasteiger partial charge in [0, 0.05) is 17.8 Å². The predicted molar refractivity (Wildman–Crippen MR) is 110 cm³/mol. The van der Waals surface area contributed by atoms with Gasteiger partial charge < -0.3 is 4.90 Å². The maximum atomic E-state index is 13.1. The smallest absolute Gasteiger partial charge is 0.261 e. The molecule has 1 amide bonds. The Balaban J connectivity index is 1.64. The molecule has 0 saturated heterocycles. The number of nitrogens with one attached hydrogen (secondary N) is 1. The Hall–Kier alpha value is -3.12. The van der Waals surface area contributed by atoms with Crippen LogP contribution >= 0.6 is 0 Å². The number of amides is 1. The Morgan fingerprint density at radius 3 is 2.46 bits per heavy atom. The summed E-state index contributed by atoms with van der Waals surface area (Å²) in [6, 6.07) is 21.1. The van der Waals surface area contributed by atoms with E-state index in [4.69, 9.17) is 0 Å². The average Bonchev–Trinajstić information content (AvgIpc) is 3.14. The van der Waals surface area contributed by atoms with Gasteiger partial charge in [0.05, 0.1) is 10.6 Å². The van der Waals surface area contributed by atoms with Gasteiger partial charge in [-0.1, -0.05) is 42.5 Å². The minimum atomic E-state index is -3.72. The highest BCUT2D eigenvalue weighted by Gasteiger charge is 2.26. The van der Waals surface area contributed by atoms with Crippen molar-refractivity contribution in [3.63, 3.8) is 0 Å². The fourth-order valence-electron chi connectivity index (χ4n) is 3.37. The molecular formula is C22H20N2O3S. The molecule has 1 aliphatic heterocycles. The minimum absolute atomic E-state index is 0.134. The topological polar surface area (TPSA) is 66.5 Å². The molecule has 3 aromatic carbocycles. The van der Waals surface area contributed by atoms with E-state index in [2.05, 4.69) is 4.72 Å². The van der Waals surface area contributed by atoms with Gasteiger partial charge >= 0.3 is 0 Å². The number of carbonyl (C=O) groups excluding carboxylic acids is 1. The summed E-state index contributed by atoms with van der Waals surface area (Å²) >= 11 is 0. The SMILES string of the molecule is Cc1ccc(C(=O)N2CCc3ccccc32)cc1NS(=O)(=O)c1ccccc1. The maximum Gasteiger partial charge on any atom is 0.261 e. The van der Waals surface area contributed by atoms with Gasteiger partial charge in [0.25, 0.3) is 15.9 Å². The summed E-state index contributed by atoms with van der Waals surface area (Å²) in [5, 5.41) is 0. The molecule has 0 saturated carbocycles. The average molecular weight is 392 g/mol. The van der Waals surface area contributed by atoms with Crippen LogP contribution in [0, 0.1) is 6.92 Å². The van der Waals surface area contributed by atoms with Crippen LogP contribution in [0.3, 0.4) is 0 Å². The zero-order valence-corrected chi connectivity index (χ0v) is 16.2. The van der Waals surface area contributed by atoms with Gasteiger partial charge in [-0.3, -0.25) is 9.52 Å². The van der Waals surface area contributed by atoms with Gasteiger partial charge in [0.15, 0.2) is 0 Å². The number of nitrogens with zero attached hydrogens (tertiary/aromatic N) is 1. The van der Waals surface area contributed by atoms with Crippen LogP contribution in [0.1, 0.15) is 21.5 Å². The first-order chi connectivity index (χ1) is 13.5. The third-order valence-electron chi connectivity index (χ3n) is 4.91. The quantitative estimate of drug-likeness (QED) is 0.730. The van der Waals surface area contributed by atoms with Crippen LogP contribution in [0.15, 0.2) is 77.7 Å². The lowest BCUT2D eigenvalue weighted by Crippen LogP contribution is -2.29. The standard InChI is InChI=1S/C22H20N2O3S/c1-16-11-12-18(22(25)24-14-13-17-7-5-6-10-21(17)24)15-20(16)23-28(26,27)19-8-3-2-4-9-19/h2-12,15,23H,13-14H2,1H3. The van der Waals surface area contributed by atoms with E-state index in [-0.39, 0.29) is 10.8 Å². The number of sulfonamides is 1. The Morgan fingerprint density at radius 2 is 1.68 bits per heavy atom. The second-order valence-electron chi connectivity index (χ2n) is 6.78. The molecule has 4 rings (SSSR count). The van der Waals surface area contributed by atoms with Gasteiger partial charge in [-0.05, 0) is 54.8 Å². The molecule has 0 fully saturated rings. The second-order valence-corrected chi connectivity index (χ2v) is 8.47. The molecule has 1 N–H and O–H groups in total. The first-order valence-electron chi connectivity index (χ1n) is 9.04. The number of anilines is 2. The molecule has 1 aliphatic rings. The van der Waals surface area contributed by atoms with Gasteiger partial charge in [-0.15, -0.1) is 0 Å². The van der Waals surface area contributed by atoms with Crippen molar-refractivity contribution in [3.05, 3.63) is 89.5 Å². The lowest BCUT2D eigenvalue weighted by molar-refractivity contribution is 0.0989. The molecule has 1 heterocycles. The maximum absolute atomic E-state index is 13.1. The van der Waals surface area contributed by atoms with E-state index in [0.717, 1.165) is 23.2 Å². The number of carbonyl (C=O) groups is 1. The molecule has 6 heteroatoms. The second kappa shape index (κ2) is 7.13. The van der Waals surface area contributed by atoms with E-state index in [1.54, 1.807) is 41.3 Å². The number of aryl methyl sites for hydroxylation is 1. The first-order valence-corrected chi connectivity index (χ1v) is 10.5. The van der Waals surface area contributed by atoms with Crippen LogP contribution in [0.4, 0.5) is 11.4 Å². The summed E-state index contributed by atoms with van der Waals surface area (Å²) in [6.45, 7) is 2.43. The van der Waals surface area contributed by atoms with E-state index in [9.17, 15) is 13.2 Å². The van der Waals surface area contributed by atoms with Gasteiger partial charge in [0.1, 0.15) is 0 Å². The highest BCUT2D eigenvalue weighted by molar-refractivity contribution is 7.92. The summed E-state index contributed by atoms with van der Waals surface area (Å²) in [5.41, 5.74) is 3.67. The molecule has 0 spiro atoms. The molecule has 28 heavy (non-hydrogen) atoms. The molecule has 3 aromatic rings. The van der Waals surface area contributed by atoms with Gasteiger partial charge in [0.2, 0.25) is 0 Å². The van der Waals surface area contributed by atoms with E-state index < -0.39 is 10.0 Å². The lowest BCUT2D eigenvalue weighted by Gasteiger charge is -2.18. The zero-order chi connectivity index (χ0) is 19.7. The van der Waals surface area contributed by atoms with E-state index in [1.807, 2.05) is 31.2 Å². The van der Waals surface area contributed by atoms with Crippen LogP contribution in [-0.4, -0.2) is 20.9 Å². The van der Waals surface area contributed by atoms with E-state index in [1.165, 1.54) is 12.1 Å². The van der Waals surface area contributed by atoms with Crippen molar-refractivity contribution in [2.24, 2.45) is 0 Å². The zero-order valence-electron chi connectivity index (χ0n) is 15.4. The molecule has 0 unspecified atom stereocenters. The van der Waals surface area contributed by atoms with Gasteiger partial charge in [-0.2, -0.15) is 0 Å². The molecule has 0 aliphatic carbocycles. The minimum Gasteiger partial charge on any atom is -0.308 e. The Labute approximate surface area is 164 Å². The van der Waals surface area contributed by atoms with Crippen molar-refractivity contribution in [2.45, 2.75) is 18.2 Å². The lowest BCUT2D eigenvalue weighted by atomic mass is 10.1. The molecule has 0 atom stereocenters. The van der Waals surface area contributed by atoms with Crippen LogP contribution < -0.4 is 9.62 Å². The Kier molecular flexibility index (Phi) is 4.65. The van der Waals surface area contributed by atoms with Crippen molar-refractivity contribution < 1.29 is 13.2 Å². The summed E-state index contributed by atoms with van der Waals surface area (Å²) in [4.78, 5) is 15.0. The highest BCUT2D eigenvalue weighted by Crippen LogP contribution is 2.30. The molecule has 0 aromatic heterocycles. The van der Waals surface area contributed by atoms with E-state index >= 15 is 0 Å². The predicted octanol–water partition coefficient (Wildman–Crippen LogP) is 4.00. The summed E-state index contributed by atoms with van der Waals surface area (Å²) in [6.07, 6.45) is 0.821. The van der Waals surface area contributed by atoms with Gasteiger partial charge in [-0.25, -0.2) is 8.42 Å². The van der Waals surface area contributed by atoms with Crippen LogP contribution in [0.5, 0.6) is 0 Å². The molecule has 5 nitrogen and oxygen atoms in total. The fourth-order valence-corrected chi connectivity index (χ4v) is 4.52. The number of benzene rings is 3. The third-order valence-corrected chi connectivity index (χ3v) is 6.30. The molecule has 142 valence electrons. The third kappa shape index (κ3) is 3.39. The van der Waals surface area contributed by atoms with Crippen LogP contribution in [0.2, 0.25) is 0 Å². The number of hydrogen-bond acceptors (Lipinski definition) is 3. The number of hydrogen-bond donors (Lipinski definition) is 1. The molecular weight excluding hydrogens is 372 g/mol. The van der Waals surface area contributed by atoms with Crippen LogP contribution in [-0.2, 0) is 16.4 Å². The highest BCUT2D eigenvalue weighted by atomic mass is 32.2. The number of para-hydroxylation sites is 1. The van der Waals surface area contributed by atoms with Crippen LogP contribution in [0.25, 0.3) is 0 Å². The molecule has 0 bridgehead atoms. The number of rotatable bonds is 4. The van der Waals surface area contributed by atoms with Crippen molar-refractivity contribution in [1.29, 1.82) is 0 Å².